The van der Waals surface area contributed by atoms with Crippen LogP contribution < -0.4 is 10.3 Å². The highest BCUT2D eigenvalue weighted by atomic mass is 35.5. The van der Waals surface area contributed by atoms with Gasteiger partial charge in [0.05, 0.1) is 5.56 Å². The van der Waals surface area contributed by atoms with E-state index in [1.807, 2.05) is 13.0 Å². The van der Waals surface area contributed by atoms with Gasteiger partial charge in [-0.1, -0.05) is 24.4 Å². The fourth-order valence-corrected chi connectivity index (χ4v) is 3.97. The quantitative estimate of drug-likeness (QED) is 0.763. The van der Waals surface area contributed by atoms with Crippen molar-refractivity contribution in [3.05, 3.63) is 55.8 Å². The minimum Gasteiger partial charge on any atom is -0.494 e. The monoisotopic (exact) mass is 400 g/mol. The fourth-order valence-electron chi connectivity index (χ4n) is 3.75. The van der Waals surface area contributed by atoms with E-state index < -0.39 is 11.3 Å². The molecule has 0 saturated heterocycles. The van der Waals surface area contributed by atoms with Crippen molar-refractivity contribution in [2.45, 2.75) is 45.6 Å². The Morgan fingerprint density at radius 3 is 2.64 bits per heavy atom. The van der Waals surface area contributed by atoms with Gasteiger partial charge in [0.2, 0.25) is 11.7 Å². The van der Waals surface area contributed by atoms with Crippen molar-refractivity contribution in [1.29, 1.82) is 5.26 Å². The van der Waals surface area contributed by atoms with E-state index in [9.17, 15) is 20.0 Å². The van der Waals surface area contributed by atoms with Gasteiger partial charge in [-0.15, -0.1) is 0 Å². The third-order valence-electron chi connectivity index (χ3n) is 5.21. The van der Waals surface area contributed by atoms with Gasteiger partial charge in [0, 0.05) is 11.1 Å². The Morgan fingerprint density at radius 1 is 1.36 bits per heavy atom. The van der Waals surface area contributed by atoms with Crippen LogP contribution in [0.1, 0.15) is 58.8 Å². The van der Waals surface area contributed by atoms with Crippen LogP contribution in [0, 0.1) is 25.2 Å². The third-order valence-corrected chi connectivity index (χ3v) is 5.45. The number of halogens is 1. The summed E-state index contributed by atoms with van der Waals surface area (Å²) < 4.78 is 6.81. The summed E-state index contributed by atoms with van der Waals surface area (Å²) in [6.07, 6.45) is 3.34. The van der Waals surface area contributed by atoms with Gasteiger partial charge in [-0.3, -0.25) is 14.2 Å². The van der Waals surface area contributed by atoms with Gasteiger partial charge < -0.3 is 9.84 Å². The second kappa shape index (κ2) is 8.07. The molecular weight excluding hydrogens is 380 g/mol. The molecule has 1 N–H and O–H groups in total. The first kappa shape index (κ1) is 20.0. The number of hydrogen-bond donors (Lipinski definition) is 1. The van der Waals surface area contributed by atoms with Crippen LogP contribution >= 0.6 is 11.6 Å². The van der Waals surface area contributed by atoms with E-state index in [0.29, 0.717) is 10.8 Å². The molecule has 0 radical (unpaired) electrons. The average Bonchev–Trinajstić information content (AvgIpc) is 3.15. The lowest BCUT2D eigenvalue weighted by molar-refractivity contribution is 0.0915. The first-order valence-corrected chi connectivity index (χ1v) is 9.53. The van der Waals surface area contributed by atoms with Gasteiger partial charge >= 0.3 is 0 Å². The van der Waals surface area contributed by atoms with E-state index in [0.717, 1.165) is 31.2 Å². The van der Waals surface area contributed by atoms with Crippen LogP contribution in [0.4, 0.5) is 0 Å². The van der Waals surface area contributed by atoms with Crippen molar-refractivity contribution in [2.24, 2.45) is 0 Å². The summed E-state index contributed by atoms with van der Waals surface area (Å²) in [5.74, 6) is -0.373. The smallest absolute Gasteiger partial charge is 0.271 e. The number of benzene rings is 1. The first-order chi connectivity index (χ1) is 13.3. The highest BCUT2D eigenvalue weighted by Gasteiger charge is 2.29. The topological polar surface area (TPSA) is 92.3 Å². The van der Waals surface area contributed by atoms with Crippen LogP contribution in [0.5, 0.6) is 11.6 Å². The maximum atomic E-state index is 12.8. The SMILES string of the molecule is Cc1cc(Cl)ccc1OCC(=O)c1c(C)c(C#N)c(=O)n(C2CCCC2)c1O. The van der Waals surface area contributed by atoms with Gasteiger partial charge in [0.1, 0.15) is 17.4 Å². The highest BCUT2D eigenvalue weighted by molar-refractivity contribution is 6.30. The predicted molar refractivity (Wildman–Crippen MR) is 105 cm³/mol. The van der Waals surface area contributed by atoms with Gasteiger partial charge in [-0.2, -0.15) is 5.26 Å². The molecule has 0 unspecified atom stereocenters. The van der Waals surface area contributed by atoms with Gasteiger partial charge in [0.15, 0.2) is 6.61 Å². The minimum atomic E-state index is -0.546. The summed E-state index contributed by atoms with van der Waals surface area (Å²) in [6, 6.07) is 6.73. The summed E-state index contributed by atoms with van der Waals surface area (Å²) >= 11 is 5.93. The van der Waals surface area contributed by atoms with E-state index in [1.165, 1.54) is 11.5 Å². The Balaban J connectivity index is 1.98. The number of aromatic nitrogens is 1. The number of pyridine rings is 1. The average molecular weight is 401 g/mol. The molecule has 0 amide bonds. The van der Waals surface area contributed by atoms with E-state index in [1.54, 1.807) is 18.2 Å². The van der Waals surface area contributed by atoms with Crippen molar-refractivity contribution in [1.82, 2.24) is 4.57 Å². The molecule has 0 aliphatic heterocycles. The summed E-state index contributed by atoms with van der Waals surface area (Å²) in [7, 11) is 0. The Morgan fingerprint density at radius 2 is 2.04 bits per heavy atom. The molecule has 1 aromatic heterocycles. The number of ketones is 1. The normalized spacial score (nSPS) is 14.1. The van der Waals surface area contributed by atoms with Crippen molar-refractivity contribution in [3.63, 3.8) is 0 Å². The van der Waals surface area contributed by atoms with Crippen LogP contribution in [0.2, 0.25) is 5.02 Å². The standard InChI is InChI=1S/C21H21ClN2O4/c1-12-9-14(22)7-8-18(12)28-11-17(25)19-13(2)16(10-23)20(26)24(21(19)27)15-5-3-4-6-15/h7-9,15,27H,3-6,11H2,1-2H3. The molecule has 0 spiro atoms. The van der Waals surface area contributed by atoms with Crippen LogP contribution in [0.3, 0.4) is 0 Å². The van der Waals surface area contributed by atoms with Gasteiger partial charge in [-0.05, 0) is 56.0 Å². The van der Waals surface area contributed by atoms with E-state index in [-0.39, 0.29) is 35.2 Å². The molecule has 1 heterocycles. The van der Waals surface area contributed by atoms with Crippen molar-refractivity contribution < 1.29 is 14.6 Å². The molecule has 0 bridgehead atoms. The van der Waals surface area contributed by atoms with Gasteiger partial charge in [0.25, 0.3) is 5.56 Å². The summed E-state index contributed by atoms with van der Waals surface area (Å²) in [4.78, 5) is 25.5. The summed E-state index contributed by atoms with van der Waals surface area (Å²) in [5.41, 5.74) is 0.261. The lowest BCUT2D eigenvalue weighted by Crippen LogP contribution is -2.29. The Hall–Kier alpha value is -2.78. The maximum absolute atomic E-state index is 12.8. The Bertz CT molecular complexity index is 1030. The molecule has 3 rings (SSSR count). The van der Waals surface area contributed by atoms with Crippen LogP contribution in [0.15, 0.2) is 23.0 Å². The summed E-state index contributed by atoms with van der Waals surface area (Å²) in [6.45, 7) is 2.98. The zero-order valence-electron chi connectivity index (χ0n) is 15.8. The number of nitriles is 1. The third kappa shape index (κ3) is 3.63. The molecular formula is C21H21ClN2O4. The number of carbonyl (C=O) groups excluding carboxylic acids is 1. The number of nitrogens with zero attached hydrogens (tertiary/aromatic N) is 2. The molecule has 6 nitrogen and oxygen atoms in total. The number of carbonyl (C=O) groups is 1. The molecule has 146 valence electrons. The lowest BCUT2D eigenvalue weighted by atomic mass is 10.0. The second-order valence-corrected chi connectivity index (χ2v) is 7.48. The Labute approximate surface area is 167 Å². The van der Waals surface area contributed by atoms with Crippen molar-refractivity contribution in [3.8, 4) is 17.7 Å². The molecule has 1 saturated carbocycles. The highest BCUT2D eigenvalue weighted by Crippen LogP contribution is 2.34. The number of aromatic hydroxyl groups is 1. The lowest BCUT2D eigenvalue weighted by Gasteiger charge is -2.20. The fraction of sp³-hybridized carbons (Fsp3) is 0.381. The molecule has 1 aliphatic rings. The number of hydrogen-bond acceptors (Lipinski definition) is 5. The number of rotatable bonds is 5. The number of Topliss-reactive ketones (excluding diaryl/α,β-unsaturated/α-hetero) is 1. The Kier molecular flexibility index (Phi) is 5.76. The summed E-state index contributed by atoms with van der Waals surface area (Å²) in [5, 5.41) is 20.7. The second-order valence-electron chi connectivity index (χ2n) is 7.05. The molecule has 0 atom stereocenters. The number of ether oxygens (including phenoxy) is 1. The zero-order valence-corrected chi connectivity index (χ0v) is 16.5. The molecule has 7 heteroatoms. The zero-order chi connectivity index (χ0) is 20.4. The van der Waals surface area contributed by atoms with E-state index >= 15 is 0 Å². The molecule has 1 aliphatic carbocycles. The van der Waals surface area contributed by atoms with Crippen molar-refractivity contribution >= 4 is 17.4 Å². The molecule has 28 heavy (non-hydrogen) atoms. The van der Waals surface area contributed by atoms with Crippen LogP contribution in [-0.2, 0) is 0 Å². The minimum absolute atomic E-state index is 0.0327. The predicted octanol–water partition coefficient (Wildman–Crippen LogP) is 4.07. The van der Waals surface area contributed by atoms with E-state index in [4.69, 9.17) is 16.3 Å². The number of aryl methyl sites for hydroxylation is 1. The molecule has 1 aromatic carbocycles. The maximum Gasteiger partial charge on any atom is 0.271 e. The van der Waals surface area contributed by atoms with Gasteiger partial charge in [-0.25, -0.2) is 0 Å². The largest absolute Gasteiger partial charge is 0.494 e. The van der Waals surface area contributed by atoms with Crippen molar-refractivity contribution in [2.75, 3.05) is 6.61 Å². The molecule has 2 aromatic rings. The molecule has 1 fully saturated rings. The first-order valence-electron chi connectivity index (χ1n) is 9.15. The van der Waals surface area contributed by atoms with Crippen LogP contribution in [0.25, 0.3) is 0 Å². The van der Waals surface area contributed by atoms with Crippen LogP contribution in [-0.4, -0.2) is 22.1 Å². The van der Waals surface area contributed by atoms with E-state index in [2.05, 4.69) is 0 Å².